The third-order valence-corrected chi connectivity index (χ3v) is 1.98. The van der Waals surface area contributed by atoms with Crippen molar-refractivity contribution >= 4 is 16.1 Å². The van der Waals surface area contributed by atoms with Crippen molar-refractivity contribution in [2.24, 2.45) is 0 Å². The Kier molecular flexibility index (Phi) is 4.84. The molecule has 0 fully saturated rings. The maximum absolute atomic E-state index is 10.2. The first kappa shape index (κ1) is 11.4. The zero-order valence-electron chi connectivity index (χ0n) is 6.43. The number of rotatable bonds is 6. The zero-order chi connectivity index (χ0) is 9.61. The number of carbonyl (C=O) groups is 1. The maximum Gasteiger partial charge on any atom is 0.307 e. The van der Waals surface area contributed by atoms with Crippen molar-refractivity contribution in [2.75, 3.05) is 5.75 Å². The van der Waals surface area contributed by atoms with E-state index in [9.17, 15) is 13.2 Å². The van der Waals surface area contributed by atoms with Gasteiger partial charge in [0.05, 0.1) is 12.2 Å². The van der Waals surface area contributed by atoms with Crippen molar-refractivity contribution in [3.05, 3.63) is 6.42 Å². The topological polar surface area (TPSA) is 91.7 Å². The number of unbranched alkanes of at least 4 members (excludes halogenated alkanes) is 2. The first-order valence-electron chi connectivity index (χ1n) is 3.43. The van der Waals surface area contributed by atoms with Crippen LogP contribution in [0.4, 0.5) is 0 Å². The van der Waals surface area contributed by atoms with Crippen LogP contribution in [-0.4, -0.2) is 29.8 Å². The first-order chi connectivity index (χ1) is 5.42. The predicted octanol–water partition coefficient (Wildman–Crippen LogP) is 0.333. The average molecular weight is 195 g/mol. The van der Waals surface area contributed by atoms with Gasteiger partial charge in [-0.15, -0.1) is 0 Å². The molecule has 0 rings (SSSR count). The van der Waals surface area contributed by atoms with Gasteiger partial charge in [0.25, 0.3) is 10.1 Å². The van der Waals surface area contributed by atoms with Crippen molar-refractivity contribution in [3.8, 4) is 0 Å². The molecule has 0 aromatic heterocycles. The third kappa shape index (κ3) is 9.38. The summed E-state index contributed by atoms with van der Waals surface area (Å²) in [5.74, 6) is -1.32. The highest BCUT2D eigenvalue weighted by atomic mass is 32.2. The summed E-state index contributed by atoms with van der Waals surface area (Å²) >= 11 is 0. The third-order valence-electron chi connectivity index (χ3n) is 1.18. The van der Waals surface area contributed by atoms with Gasteiger partial charge in [-0.25, -0.2) is 0 Å². The van der Waals surface area contributed by atoms with Gasteiger partial charge in [0.2, 0.25) is 0 Å². The van der Waals surface area contributed by atoms with Crippen LogP contribution in [0, 0.1) is 6.42 Å². The molecular formula is C6H11O5S. The number of carboxylic acid groups (broad SMARTS) is 1. The number of aliphatic carboxylic acids is 1. The predicted molar refractivity (Wildman–Crippen MR) is 42.2 cm³/mol. The molecule has 0 aromatic carbocycles. The molecule has 0 atom stereocenters. The maximum atomic E-state index is 10.2. The van der Waals surface area contributed by atoms with Crippen LogP contribution in [0.5, 0.6) is 0 Å². The van der Waals surface area contributed by atoms with Crippen molar-refractivity contribution in [3.63, 3.8) is 0 Å². The lowest BCUT2D eigenvalue weighted by Gasteiger charge is -1.95. The molecule has 71 valence electrons. The Bertz CT molecular complexity index is 230. The lowest BCUT2D eigenvalue weighted by molar-refractivity contribution is -0.133. The van der Waals surface area contributed by atoms with E-state index in [4.69, 9.17) is 9.66 Å². The van der Waals surface area contributed by atoms with E-state index in [0.29, 0.717) is 12.8 Å². The van der Waals surface area contributed by atoms with Crippen LogP contribution in [-0.2, 0) is 14.9 Å². The summed E-state index contributed by atoms with van der Waals surface area (Å²) in [5, 5.41) is 8.15. The molecule has 1 radical (unpaired) electrons. The number of hydrogen-bond donors (Lipinski definition) is 2. The zero-order valence-corrected chi connectivity index (χ0v) is 7.25. The SMILES string of the molecule is O=C(O)[CH]CCCCS(=O)(=O)O. The van der Waals surface area contributed by atoms with Crippen LogP contribution >= 0.6 is 0 Å². The Labute approximate surface area is 71.1 Å². The molecule has 0 saturated heterocycles. The molecule has 0 saturated carbocycles. The van der Waals surface area contributed by atoms with Gasteiger partial charge in [0.1, 0.15) is 0 Å². The summed E-state index contributed by atoms with van der Waals surface area (Å²) in [7, 11) is -3.89. The average Bonchev–Trinajstić information content (AvgIpc) is 1.83. The van der Waals surface area contributed by atoms with E-state index >= 15 is 0 Å². The van der Waals surface area contributed by atoms with Crippen molar-refractivity contribution < 1.29 is 22.9 Å². The second-order valence-electron chi connectivity index (χ2n) is 2.32. The van der Waals surface area contributed by atoms with Gasteiger partial charge in [0, 0.05) is 0 Å². The summed E-state index contributed by atoms with van der Waals surface area (Å²) in [5.41, 5.74) is 0. The molecule has 2 N–H and O–H groups in total. The Morgan fingerprint density at radius 3 is 2.33 bits per heavy atom. The Balaban J connectivity index is 3.29. The molecule has 0 bridgehead atoms. The lowest BCUT2D eigenvalue weighted by atomic mass is 10.2. The smallest absolute Gasteiger partial charge is 0.307 e. The van der Waals surface area contributed by atoms with E-state index in [1.165, 1.54) is 0 Å². The fraction of sp³-hybridized carbons (Fsp3) is 0.667. The van der Waals surface area contributed by atoms with Crippen LogP contribution < -0.4 is 0 Å². The van der Waals surface area contributed by atoms with Crippen LogP contribution in [0.3, 0.4) is 0 Å². The molecule has 0 aliphatic rings. The summed E-state index contributed by atoms with van der Waals surface area (Å²) in [6.45, 7) is 0. The van der Waals surface area contributed by atoms with Gasteiger partial charge in [-0.2, -0.15) is 8.42 Å². The molecule has 0 aliphatic heterocycles. The number of hydrogen-bond acceptors (Lipinski definition) is 3. The second-order valence-corrected chi connectivity index (χ2v) is 3.90. The highest BCUT2D eigenvalue weighted by Crippen LogP contribution is 2.00. The minimum atomic E-state index is -3.89. The van der Waals surface area contributed by atoms with Crippen LogP contribution in [0.2, 0.25) is 0 Å². The summed E-state index contributed by atoms with van der Waals surface area (Å²) in [6.07, 6.45) is 2.11. The standard InChI is InChI=1S/C6H11O5S/c7-6(8)4-2-1-3-5-12(9,10)11/h4H,1-3,5H2,(H,7,8)(H,9,10,11). The van der Waals surface area contributed by atoms with Gasteiger partial charge in [-0.3, -0.25) is 9.35 Å². The van der Waals surface area contributed by atoms with Crippen molar-refractivity contribution in [1.82, 2.24) is 0 Å². The van der Waals surface area contributed by atoms with E-state index in [0.717, 1.165) is 6.42 Å². The summed E-state index contributed by atoms with van der Waals surface area (Å²) in [6, 6.07) is 0. The molecular weight excluding hydrogens is 184 g/mol. The normalized spacial score (nSPS) is 11.4. The molecule has 12 heavy (non-hydrogen) atoms. The van der Waals surface area contributed by atoms with Crippen LogP contribution in [0.25, 0.3) is 0 Å². The van der Waals surface area contributed by atoms with E-state index in [1.54, 1.807) is 0 Å². The molecule has 6 heteroatoms. The monoisotopic (exact) mass is 195 g/mol. The molecule has 0 heterocycles. The minimum absolute atomic E-state index is 0.280. The minimum Gasteiger partial charge on any atom is -0.481 e. The highest BCUT2D eigenvalue weighted by molar-refractivity contribution is 7.85. The van der Waals surface area contributed by atoms with Gasteiger partial charge in [-0.05, 0) is 12.8 Å². The summed E-state index contributed by atoms with van der Waals surface area (Å²) in [4.78, 5) is 9.94. The molecule has 5 nitrogen and oxygen atoms in total. The van der Waals surface area contributed by atoms with Gasteiger partial charge < -0.3 is 5.11 Å². The molecule has 0 amide bonds. The van der Waals surface area contributed by atoms with Gasteiger partial charge in [0.15, 0.2) is 0 Å². The van der Waals surface area contributed by atoms with Crippen molar-refractivity contribution in [2.45, 2.75) is 19.3 Å². The quantitative estimate of drug-likeness (QED) is 0.470. The van der Waals surface area contributed by atoms with Gasteiger partial charge >= 0.3 is 5.97 Å². The van der Waals surface area contributed by atoms with E-state index < -0.39 is 16.1 Å². The molecule has 0 spiro atoms. The summed E-state index contributed by atoms with van der Waals surface area (Å²) < 4.78 is 28.6. The molecule has 0 aromatic rings. The lowest BCUT2D eigenvalue weighted by Crippen LogP contribution is -2.04. The van der Waals surface area contributed by atoms with E-state index in [1.807, 2.05) is 0 Å². The Morgan fingerprint density at radius 2 is 1.92 bits per heavy atom. The molecule has 0 aliphatic carbocycles. The van der Waals surface area contributed by atoms with Crippen LogP contribution in [0.1, 0.15) is 19.3 Å². The Morgan fingerprint density at radius 1 is 1.33 bits per heavy atom. The van der Waals surface area contributed by atoms with E-state index in [-0.39, 0.29) is 12.2 Å². The largest absolute Gasteiger partial charge is 0.481 e. The van der Waals surface area contributed by atoms with Gasteiger partial charge in [-0.1, -0.05) is 6.42 Å². The highest BCUT2D eigenvalue weighted by Gasteiger charge is 2.03. The van der Waals surface area contributed by atoms with E-state index in [2.05, 4.69) is 0 Å². The fourth-order valence-corrected chi connectivity index (χ4v) is 1.22. The molecule has 0 unspecified atom stereocenters. The van der Waals surface area contributed by atoms with Crippen LogP contribution in [0.15, 0.2) is 0 Å². The Hall–Kier alpha value is -0.620. The van der Waals surface area contributed by atoms with Crippen molar-refractivity contribution in [1.29, 1.82) is 0 Å². The second kappa shape index (κ2) is 5.10. The fourth-order valence-electron chi connectivity index (χ4n) is 0.654. The number of carboxylic acids is 1. The first-order valence-corrected chi connectivity index (χ1v) is 5.04.